The van der Waals surface area contributed by atoms with Crippen LogP contribution in [0.1, 0.15) is 20.8 Å². The van der Waals surface area contributed by atoms with Crippen molar-refractivity contribution in [1.29, 1.82) is 0 Å². The van der Waals surface area contributed by atoms with Crippen LogP contribution < -0.4 is 5.32 Å². The van der Waals surface area contributed by atoms with Crippen LogP contribution in [0.25, 0.3) is 0 Å². The smallest absolute Gasteiger partial charge is 0.410 e. The molecule has 6 nitrogen and oxygen atoms in total. The largest absolute Gasteiger partial charge is 0.444 e. The van der Waals surface area contributed by atoms with E-state index in [1.54, 1.807) is 4.90 Å². The molecule has 0 radical (unpaired) electrons. The molecule has 18 heavy (non-hydrogen) atoms. The fourth-order valence-electron chi connectivity index (χ4n) is 2.30. The molecule has 6 heteroatoms. The van der Waals surface area contributed by atoms with Crippen molar-refractivity contribution >= 4 is 11.8 Å². The van der Waals surface area contributed by atoms with E-state index in [-0.39, 0.29) is 11.5 Å². The van der Waals surface area contributed by atoms with Crippen LogP contribution in [0.5, 0.6) is 0 Å². The summed E-state index contributed by atoms with van der Waals surface area (Å²) in [6.07, 6.45) is -0.282. The Bertz CT molecular complexity index is 369. The van der Waals surface area contributed by atoms with Crippen LogP contribution in [0.4, 0.5) is 4.79 Å². The average Bonchev–Trinajstić information content (AvgIpc) is 2.55. The molecule has 102 valence electrons. The number of amides is 1. The molecule has 0 bridgehead atoms. The molecule has 2 fully saturated rings. The number of rotatable bonds is 1. The summed E-state index contributed by atoms with van der Waals surface area (Å²) in [6.45, 7) is 8.42. The minimum absolute atomic E-state index is 0.0487. The van der Waals surface area contributed by atoms with Gasteiger partial charge in [0.05, 0.1) is 17.7 Å². The molecule has 0 aromatic rings. The van der Waals surface area contributed by atoms with E-state index >= 15 is 0 Å². The van der Waals surface area contributed by atoms with Crippen LogP contribution in [0.2, 0.25) is 0 Å². The first kappa shape index (κ1) is 13.1. The highest BCUT2D eigenvalue weighted by Gasteiger charge is 2.51. The zero-order valence-electron chi connectivity index (χ0n) is 11.4. The fraction of sp³-hybridized carbons (Fsp3) is 0.833. The average molecular weight is 255 g/mol. The van der Waals surface area contributed by atoms with Gasteiger partial charge in [-0.1, -0.05) is 5.16 Å². The SMILES string of the molecule is CO/N=C1\CN(C(=O)OC(C)(C)C)CC12CNC2. The molecule has 2 rings (SSSR count). The van der Waals surface area contributed by atoms with Crippen molar-refractivity contribution in [3.8, 4) is 0 Å². The first-order chi connectivity index (χ1) is 8.36. The summed E-state index contributed by atoms with van der Waals surface area (Å²) in [4.78, 5) is 18.6. The quantitative estimate of drug-likeness (QED) is 0.705. The van der Waals surface area contributed by atoms with E-state index in [4.69, 9.17) is 9.57 Å². The van der Waals surface area contributed by atoms with Crippen LogP contribution >= 0.6 is 0 Å². The van der Waals surface area contributed by atoms with E-state index in [0.29, 0.717) is 13.1 Å². The topological polar surface area (TPSA) is 63.2 Å². The Kier molecular flexibility index (Phi) is 3.23. The third-order valence-corrected chi connectivity index (χ3v) is 3.23. The van der Waals surface area contributed by atoms with Crippen LogP contribution in [-0.2, 0) is 9.57 Å². The van der Waals surface area contributed by atoms with Crippen molar-refractivity contribution in [3.63, 3.8) is 0 Å². The number of nitrogens with zero attached hydrogens (tertiary/aromatic N) is 2. The molecule has 0 saturated carbocycles. The van der Waals surface area contributed by atoms with Crippen molar-refractivity contribution in [2.75, 3.05) is 33.3 Å². The van der Waals surface area contributed by atoms with Crippen molar-refractivity contribution < 1.29 is 14.4 Å². The van der Waals surface area contributed by atoms with Gasteiger partial charge in [-0.15, -0.1) is 0 Å². The number of hydrogen-bond acceptors (Lipinski definition) is 5. The molecule has 0 atom stereocenters. The van der Waals surface area contributed by atoms with Crippen molar-refractivity contribution in [2.45, 2.75) is 26.4 Å². The fourth-order valence-corrected chi connectivity index (χ4v) is 2.30. The van der Waals surface area contributed by atoms with Gasteiger partial charge < -0.3 is 19.8 Å². The second-order valence-electron chi connectivity index (χ2n) is 5.94. The molecule has 1 N–H and O–H groups in total. The summed E-state index contributed by atoms with van der Waals surface area (Å²) in [7, 11) is 1.53. The van der Waals surface area contributed by atoms with Gasteiger partial charge in [-0.25, -0.2) is 4.79 Å². The Hall–Kier alpha value is -1.30. The monoisotopic (exact) mass is 255 g/mol. The van der Waals surface area contributed by atoms with Crippen LogP contribution in [-0.4, -0.2) is 55.6 Å². The lowest BCUT2D eigenvalue weighted by molar-refractivity contribution is 0.0258. The number of nitrogens with one attached hydrogen (secondary N) is 1. The van der Waals surface area contributed by atoms with Gasteiger partial charge in [-0.2, -0.15) is 0 Å². The summed E-state index contributed by atoms with van der Waals surface area (Å²) < 4.78 is 5.38. The molecule has 2 aliphatic rings. The van der Waals surface area contributed by atoms with E-state index in [1.807, 2.05) is 20.8 Å². The summed E-state index contributed by atoms with van der Waals surface area (Å²) >= 11 is 0. The minimum atomic E-state index is -0.469. The number of carbonyl (C=O) groups excluding carboxylic acids is 1. The van der Waals surface area contributed by atoms with E-state index < -0.39 is 5.60 Å². The van der Waals surface area contributed by atoms with Crippen LogP contribution in [0, 0.1) is 5.41 Å². The molecule has 2 aliphatic heterocycles. The first-order valence-electron chi connectivity index (χ1n) is 6.15. The van der Waals surface area contributed by atoms with Gasteiger partial charge in [-0.05, 0) is 20.8 Å². The Morgan fingerprint density at radius 3 is 2.56 bits per heavy atom. The number of hydrogen-bond donors (Lipinski definition) is 1. The highest BCUT2D eigenvalue weighted by Crippen LogP contribution is 2.33. The van der Waals surface area contributed by atoms with Crippen molar-refractivity contribution in [2.24, 2.45) is 10.6 Å². The maximum Gasteiger partial charge on any atom is 0.410 e. The Morgan fingerprint density at radius 1 is 1.44 bits per heavy atom. The highest BCUT2D eigenvalue weighted by atomic mass is 16.6. The van der Waals surface area contributed by atoms with Crippen LogP contribution in [0.3, 0.4) is 0 Å². The molecule has 0 aromatic carbocycles. The Morgan fingerprint density at radius 2 is 2.11 bits per heavy atom. The van der Waals surface area contributed by atoms with Crippen molar-refractivity contribution in [1.82, 2.24) is 10.2 Å². The maximum atomic E-state index is 12.0. The lowest BCUT2D eigenvalue weighted by Crippen LogP contribution is -2.58. The second kappa shape index (κ2) is 4.42. The van der Waals surface area contributed by atoms with Gasteiger partial charge in [0.25, 0.3) is 0 Å². The van der Waals surface area contributed by atoms with E-state index in [2.05, 4.69) is 10.5 Å². The number of oxime groups is 1. The molecule has 2 saturated heterocycles. The Labute approximate surface area is 107 Å². The molecular formula is C12H21N3O3. The standard InChI is InChI=1S/C12H21N3O3/c1-11(2,3)18-10(16)15-5-9(14-17-4)12(8-15)6-13-7-12/h13H,5-8H2,1-4H3/b14-9+. The summed E-state index contributed by atoms with van der Waals surface area (Å²) in [5.41, 5.74) is 0.408. The van der Waals surface area contributed by atoms with Gasteiger partial charge in [0, 0.05) is 19.6 Å². The normalized spacial score (nSPS) is 24.2. The first-order valence-corrected chi connectivity index (χ1v) is 6.15. The lowest BCUT2D eigenvalue weighted by atomic mass is 9.79. The van der Waals surface area contributed by atoms with Crippen molar-refractivity contribution in [3.05, 3.63) is 0 Å². The highest BCUT2D eigenvalue weighted by molar-refractivity contribution is 5.97. The number of carbonyl (C=O) groups is 1. The van der Waals surface area contributed by atoms with Gasteiger partial charge in [0.1, 0.15) is 12.7 Å². The van der Waals surface area contributed by atoms with Gasteiger partial charge in [0.15, 0.2) is 0 Å². The van der Waals surface area contributed by atoms with E-state index in [9.17, 15) is 4.79 Å². The number of likely N-dealkylation sites (tertiary alicyclic amines) is 1. The zero-order chi connectivity index (χ0) is 13.4. The molecule has 2 heterocycles. The summed E-state index contributed by atoms with van der Waals surface area (Å²) in [6, 6.07) is 0. The molecule has 0 unspecified atom stereocenters. The molecular weight excluding hydrogens is 234 g/mol. The van der Waals surface area contributed by atoms with Gasteiger partial charge in [0.2, 0.25) is 0 Å². The predicted octanol–water partition coefficient (Wildman–Crippen LogP) is 0.829. The molecule has 0 aromatic heterocycles. The third-order valence-electron chi connectivity index (χ3n) is 3.23. The predicted molar refractivity (Wildman–Crippen MR) is 67.6 cm³/mol. The summed E-state index contributed by atoms with van der Waals surface area (Å²) in [5, 5.41) is 7.28. The van der Waals surface area contributed by atoms with Gasteiger partial charge >= 0.3 is 6.09 Å². The minimum Gasteiger partial charge on any atom is -0.444 e. The molecule has 0 aliphatic carbocycles. The van der Waals surface area contributed by atoms with E-state index in [1.165, 1.54) is 7.11 Å². The molecule has 1 spiro atoms. The molecule has 1 amide bonds. The number of ether oxygens (including phenoxy) is 1. The van der Waals surface area contributed by atoms with Crippen LogP contribution in [0.15, 0.2) is 5.16 Å². The lowest BCUT2D eigenvalue weighted by Gasteiger charge is -2.38. The van der Waals surface area contributed by atoms with Gasteiger partial charge in [-0.3, -0.25) is 0 Å². The zero-order valence-corrected chi connectivity index (χ0v) is 11.4. The maximum absolute atomic E-state index is 12.0. The second-order valence-corrected chi connectivity index (χ2v) is 5.94. The third kappa shape index (κ3) is 2.43. The van der Waals surface area contributed by atoms with E-state index in [0.717, 1.165) is 18.8 Å². The Balaban J connectivity index is 2.05. The summed E-state index contributed by atoms with van der Waals surface area (Å²) in [5.74, 6) is 0.